The molecule has 0 aliphatic heterocycles. The number of para-hydroxylation sites is 1. The van der Waals surface area contributed by atoms with Gasteiger partial charge in [-0.05, 0) is 50.6 Å². The van der Waals surface area contributed by atoms with Crippen LogP contribution < -0.4 is 10.1 Å². The maximum absolute atomic E-state index is 12.6. The van der Waals surface area contributed by atoms with E-state index >= 15 is 0 Å². The number of benzene rings is 1. The van der Waals surface area contributed by atoms with Gasteiger partial charge in [0.15, 0.2) is 5.76 Å². The van der Waals surface area contributed by atoms with Crippen LogP contribution in [0, 0.1) is 13.8 Å². The Balaban J connectivity index is 1.70. The summed E-state index contributed by atoms with van der Waals surface area (Å²) in [4.78, 5) is 25.7. The number of esters is 1. The molecule has 0 spiro atoms. The molecule has 0 saturated heterocycles. The molecule has 2 aromatic heterocycles. The summed E-state index contributed by atoms with van der Waals surface area (Å²) >= 11 is 1.33. The molecule has 7 heteroatoms. The molecule has 0 aliphatic carbocycles. The fraction of sp³-hybridized carbons (Fsp3) is 0.238. The highest BCUT2D eigenvalue weighted by molar-refractivity contribution is 7.16. The average molecular weight is 399 g/mol. The van der Waals surface area contributed by atoms with Gasteiger partial charge in [-0.3, -0.25) is 4.79 Å². The number of nitrogens with one attached hydrogen (secondary N) is 1. The molecule has 146 valence electrons. The van der Waals surface area contributed by atoms with E-state index < -0.39 is 11.9 Å². The van der Waals surface area contributed by atoms with E-state index in [-0.39, 0.29) is 19.0 Å². The molecule has 0 unspecified atom stereocenters. The van der Waals surface area contributed by atoms with Gasteiger partial charge in [0.05, 0.1) is 12.2 Å². The van der Waals surface area contributed by atoms with E-state index in [9.17, 15) is 9.59 Å². The van der Waals surface area contributed by atoms with Crippen molar-refractivity contribution in [1.29, 1.82) is 0 Å². The SMILES string of the molecule is CCOC(=O)c1c(NC(=O)c2ccc(COc3ccccc3)o2)sc(C)c1C. The van der Waals surface area contributed by atoms with E-state index in [2.05, 4.69) is 5.32 Å². The van der Waals surface area contributed by atoms with Crippen LogP contribution in [0.1, 0.15) is 44.0 Å². The fourth-order valence-electron chi connectivity index (χ4n) is 2.58. The van der Waals surface area contributed by atoms with Crippen molar-refractivity contribution in [3.63, 3.8) is 0 Å². The van der Waals surface area contributed by atoms with Gasteiger partial charge in [0, 0.05) is 4.88 Å². The van der Waals surface area contributed by atoms with Gasteiger partial charge in [-0.25, -0.2) is 4.79 Å². The van der Waals surface area contributed by atoms with Crippen LogP contribution in [0.25, 0.3) is 0 Å². The molecular weight excluding hydrogens is 378 g/mol. The van der Waals surface area contributed by atoms with Gasteiger partial charge in [0.25, 0.3) is 5.91 Å². The van der Waals surface area contributed by atoms with Crippen LogP contribution in [0.2, 0.25) is 0 Å². The Morgan fingerprint density at radius 3 is 2.57 bits per heavy atom. The van der Waals surface area contributed by atoms with Gasteiger partial charge >= 0.3 is 5.97 Å². The Bertz CT molecular complexity index is 974. The van der Waals surface area contributed by atoms with Crippen LogP contribution in [-0.2, 0) is 11.3 Å². The smallest absolute Gasteiger partial charge is 0.341 e. The number of hydrogen-bond donors (Lipinski definition) is 1. The molecule has 1 N–H and O–H groups in total. The second kappa shape index (κ2) is 8.75. The van der Waals surface area contributed by atoms with E-state index in [1.54, 1.807) is 19.1 Å². The predicted molar refractivity (Wildman–Crippen MR) is 107 cm³/mol. The number of furan rings is 1. The number of thiophene rings is 1. The zero-order chi connectivity index (χ0) is 20.1. The molecule has 2 heterocycles. The Morgan fingerprint density at radius 1 is 1.11 bits per heavy atom. The molecule has 3 rings (SSSR count). The summed E-state index contributed by atoms with van der Waals surface area (Å²) in [6.45, 7) is 5.95. The fourth-order valence-corrected chi connectivity index (χ4v) is 3.62. The zero-order valence-corrected chi connectivity index (χ0v) is 16.7. The summed E-state index contributed by atoms with van der Waals surface area (Å²) in [7, 11) is 0. The van der Waals surface area contributed by atoms with Crippen LogP contribution in [0.3, 0.4) is 0 Å². The zero-order valence-electron chi connectivity index (χ0n) is 15.9. The number of amides is 1. The van der Waals surface area contributed by atoms with Gasteiger partial charge in [-0.15, -0.1) is 11.3 Å². The van der Waals surface area contributed by atoms with Crippen LogP contribution in [0.4, 0.5) is 5.00 Å². The molecule has 0 bridgehead atoms. The molecule has 0 radical (unpaired) electrons. The Morgan fingerprint density at radius 2 is 1.86 bits per heavy atom. The molecule has 28 heavy (non-hydrogen) atoms. The highest BCUT2D eigenvalue weighted by Gasteiger charge is 2.23. The van der Waals surface area contributed by atoms with Crippen molar-refractivity contribution in [2.24, 2.45) is 0 Å². The average Bonchev–Trinajstić information content (AvgIpc) is 3.26. The van der Waals surface area contributed by atoms with Crippen molar-refractivity contribution in [2.45, 2.75) is 27.4 Å². The molecule has 0 atom stereocenters. The van der Waals surface area contributed by atoms with Gasteiger partial charge in [-0.1, -0.05) is 18.2 Å². The van der Waals surface area contributed by atoms with Crippen molar-refractivity contribution >= 4 is 28.2 Å². The summed E-state index contributed by atoms with van der Waals surface area (Å²) in [5, 5.41) is 3.21. The standard InChI is InChI=1S/C21H21NO5S/c1-4-25-21(24)18-13(2)14(3)28-20(18)22-19(23)17-11-10-16(27-17)12-26-15-8-6-5-7-9-15/h5-11H,4,12H2,1-3H3,(H,22,23). The molecule has 0 fully saturated rings. The first-order valence-electron chi connectivity index (χ1n) is 8.84. The lowest BCUT2D eigenvalue weighted by Crippen LogP contribution is -2.14. The van der Waals surface area contributed by atoms with Crippen LogP contribution in [-0.4, -0.2) is 18.5 Å². The van der Waals surface area contributed by atoms with Gasteiger partial charge in [0.1, 0.15) is 23.1 Å². The minimum Gasteiger partial charge on any atom is -0.486 e. The van der Waals surface area contributed by atoms with Crippen LogP contribution >= 0.6 is 11.3 Å². The molecule has 1 aromatic carbocycles. The normalized spacial score (nSPS) is 10.5. The summed E-state index contributed by atoms with van der Waals surface area (Å²) in [6.07, 6.45) is 0. The summed E-state index contributed by atoms with van der Waals surface area (Å²) < 4.78 is 16.3. The first-order valence-corrected chi connectivity index (χ1v) is 9.66. The highest BCUT2D eigenvalue weighted by atomic mass is 32.1. The van der Waals surface area contributed by atoms with E-state index in [0.29, 0.717) is 22.1 Å². The Hall–Kier alpha value is -3.06. The third-order valence-electron chi connectivity index (χ3n) is 4.10. The summed E-state index contributed by atoms with van der Waals surface area (Å²) in [6, 6.07) is 12.6. The molecule has 3 aromatic rings. The first kappa shape index (κ1) is 19.7. The topological polar surface area (TPSA) is 77.8 Å². The van der Waals surface area contributed by atoms with E-state index in [1.165, 1.54) is 11.3 Å². The number of hydrogen-bond acceptors (Lipinski definition) is 6. The second-order valence-corrected chi connectivity index (χ2v) is 7.25. The number of aryl methyl sites for hydroxylation is 1. The highest BCUT2D eigenvalue weighted by Crippen LogP contribution is 2.33. The van der Waals surface area contributed by atoms with Crippen molar-refractivity contribution in [3.05, 3.63) is 70.0 Å². The lowest BCUT2D eigenvalue weighted by atomic mass is 10.1. The van der Waals surface area contributed by atoms with Crippen molar-refractivity contribution in [3.8, 4) is 5.75 Å². The van der Waals surface area contributed by atoms with Crippen molar-refractivity contribution < 1.29 is 23.5 Å². The van der Waals surface area contributed by atoms with Crippen LogP contribution in [0.15, 0.2) is 46.9 Å². The molecule has 6 nitrogen and oxygen atoms in total. The molecular formula is C21H21NO5S. The number of anilines is 1. The predicted octanol–water partition coefficient (Wildman–Crippen LogP) is 4.97. The first-order chi connectivity index (χ1) is 13.5. The second-order valence-electron chi connectivity index (χ2n) is 6.03. The number of rotatable bonds is 7. The largest absolute Gasteiger partial charge is 0.486 e. The number of ether oxygens (including phenoxy) is 2. The minimum atomic E-state index is -0.448. The van der Waals surface area contributed by atoms with Gasteiger partial charge in [-0.2, -0.15) is 0 Å². The molecule has 0 saturated carbocycles. The van der Waals surface area contributed by atoms with Crippen molar-refractivity contribution in [1.82, 2.24) is 0 Å². The maximum atomic E-state index is 12.6. The summed E-state index contributed by atoms with van der Waals surface area (Å²) in [5.74, 6) is 0.505. The lowest BCUT2D eigenvalue weighted by molar-refractivity contribution is 0.0527. The monoisotopic (exact) mass is 399 g/mol. The lowest BCUT2D eigenvalue weighted by Gasteiger charge is -2.06. The summed E-state index contributed by atoms with van der Waals surface area (Å²) in [5.41, 5.74) is 1.19. The Labute approximate surface area is 167 Å². The third-order valence-corrected chi connectivity index (χ3v) is 5.22. The minimum absolute atomic E-state index is 0.144. The molecule has 0 aliphatic rings. The third kappa shape index (κ3) is 4.43. The Kier molecular flexibility index (Phi) is 6.16. The van der Waals surface area contributed by atoms with Gasteiger partial charge < -0.3 is 19.2 Å². The molecule has 1 amide bonds. The quantitative estimate of drug-likeness (QED) is 0.568. The van der Waals surface area contributed by atoms with Crippen LogP contribution in [0.5, 0.6) is 5.75 Å². The maximum Gasteiger partial charge on any atom is 0.341 e. The number of carbonyl (C=O) groups excluding carboxylic acids is 2. The van der Waals surface area contributed by atoms with Crippen molar-refractivity contribution in [2.75, 3.05) is 11.9 Å². The van der Waals surface area contributed by atoms with E-state index in [4.69, 9.17) is 13.9 Å². The van der Waals surface area contributed by atoms with Gasteiger partial charge in [0.2, 0.25) is 0 Å². The van der Waals surface area contributed by atoms with E-state index in [0.717, 1.165) is 10.4 Å². The number of carbonyl (C=O) groups is 2. The van der Waals surface area contributed by atoms with E-state index in [1.807, 2.05) is 44.2 Å².